The van der Waals surface area contributed by atoms with E-state index in [2.05, 4.69) is 37.9 Å². The lowest BCUT2D eigenvalue weighted by atomic mass is 10.0. The first-order valence-electron chi connectivity index (χ1n) is 15.3. The third kappa shape index (κ3) is 6.31. The van der Waals surface area contributed by atoms with Crippen LogP contribution in [0, 0.1) is 0 Å². The Labute approximate surface area is 259 Å². The molecule has 2 aliphatic rings. The van der Waals surface area contributed by atoms with Gasteiger partial charge in [-0.25, -0.2) is 13.4 Å². The van der Waals surface area contributed by atoms with Gasteiger partial charge in [-0.15, -0.1) is 0 Å². The van der Waals surface area contributed by atoms with Crippen LogP contribution in [0.1, 0.15) is 26.7 Å². The number of fused-ring (bicyclic) bond motifs is 1. The lowest BCUT2D eigenvalue weighted by Crippen LogP contribution is -2.52. The van der Waals surface area contributed by atoms with Crippen LogP contribution in [0.5, 0.6) is 5.75 Å². The normalized spacial score (nSPS) is 16.8. The van der Waals surface area contributed by atoms with E-state index >= 15 is 0 Å². The summed E-state index contributed by atoms with van der Waals surface area (Å²) in [7, 11) is -1.85. The van der Waals surface area contributed by atoms with Crippen LogP contribution < -0.4 is 25.6 Å². The molecule has 6 rings (SSSR count). The Bertz CT molecular complexity index is 1720. The summed E-state index contributed by atoms with van der Waals surface area (Å²) in [4.78, 5) is 14.9. The molecule has 0 atom stereocenters. The van der Waals surface area contributed by atoms with Crippen molar-refractivity contribution in [3.8, 4) is 5.75 Å². The second-order valence-electron chi connectivity index (χ2n) is 11.6. The van der Waals surface area contributed by atoms with Crippen LogP contribution in [0.15, 0.2) is 71.6 Å². The van der Waals surface area contributed by atoms with E-state index in [1.54, 1.807) is 39.2 Å². The van der Waals surface area contributed by atoms with Gasteiger partial charge in [0.25, 0.3) is 0 Å². The number of piperidine rings is 1. The molecule has 10 nitrogen and oxygen atoms in total. The van der Waals surface area contributed by atoms with Crippen molar-refractivity contribution in [2.45, 2.75) is 42.9 Å². The molecule has 1 aromatic heterocycles. The van der Waals surface area contributed by atoms with E-state index in [1.807, 2.05) is 36.4 Å². The van der Waals surface area contributed by atoms with Crippen LogP contribution in [-0.4, -0.2) is 81.0 Å². The number of ether oxygens (including phenoxy) is 1. The van der Waals surface area contributed by atoms with Crippen molar-refractivity contribution in [2.75, 3.05) is 61.9 Å². The molecular formula is C33H41N7O3S. The van der Waals surface area contributed by atoms with E-state index in [0.29, 0.717) is 29.2 Å². The molecule has 0 aliphatic carbocycles. The Morgan fingerprint density at radius 3 is 2.36 bits per heavy atom. The van der Waals surface area contributed by atoms with Gasteiger partial charge in [0.15, 0.2) is 9.84 Å². The predicted molar refractivity (Wildman–Crippen MR) is 178 cm³/mol. The number of anilines is 5. The number of sulfone groups is 1. The van der Waals surface area contributed by atoms with E-state index in [4.69, 9.17) is 14.7 Å². The molecule has 0 unspecified atom stereocenters. The Morgan fingerprint density at radius 2 is 1.61 bits per heavy atom. The Balaban J connectivity index is 1.24. The summed E-state index contributed by atoms with van der Waals surface area (Å²) in [5.74, 6) is 1.58. The molecule has 0 spiro atoms. The van der Waals surface area contributed by atoms with E-state index in [0.717, 1.165) is 74.4 Å². The largest absolute Gasteiger partial charge is 0.494 e. The van der Waals surface area contributed by atoms with Gasteiger partial charge in [0.1, 0.15) is 11.6 Å². The molecule has 2 saturated heterocycles. The second kappa shape index (κ2) is 13.0. The number of hydrogen-bond acceptors (Lipinski definition) is 10. The third-order valence-corrected chi connectivity index (χ3v) is 10.8. The molecule has 0 bridgehead atoms. The number of para-hydroxylation sites is 2. The van der Waals surface area contributed by atoms with Gasteiger partial charge in [-0.2, -0.15) is 4.98 Å². The van der Waals surface area contributed by atoms with Crippen molar-refractivity contribution >= 4 is 49.6 Å². The van der Waals surface area contributed by atoms with E-state index in [9.17, 15) is 8.42 Å². The highest BCUT2D eigenvalue weighted by Crippen LogP contribution is 2.35. The van der Waals surface area contributed by atoms with Crippen LogP contribution in [-0.2, 0) is 9.84 Å². The van der Waals surface area contributed by atoms with Crippen molar-refractivity contribution in [3.63, 3.8) is 0 Å². The molecule has 0 radical (unpaired) electrons. The quantitative estimate of drug-likeness (QED) is 0.233. The predicted octanol–water partition coefficient (Wildman–Crippen LogP) is 5.18. The van der Waals surface area contributed by atoms with Crippen molar-refractivity contribution in [3.05, 3.63) is 66.7 Å². The highest BCUT2D eigenvalue weighted by Gasteiger charge is 2.26. The highest BCUT2D eigenvalue weighted by atomic mass is 32.2. The van der Waals surface area contributed by atoms with Crippen molar-refractivity contribution < 1.29 is 13.2 Å². The number of rotatable bonds is 9. The minimum atomic E-state index is -3.52. The van der Waals surface area contributed by atoms with Gasteiger partial charge in [-0.05, 0) is 63.1 Å². The van der Waals surface area contributed by atoms with Crippen LogP contribution >= 0.6 is 0 Å². The molecule has 3 N–H and O–H groups in total. The zero-order valence-electron chi connectivity index (χ0n) is 25.6. The van der Waals surface area contributed by atoms with Crippen LogP contribution in [0.3, 0.4) is 0 Å². The van der Waals surface area contributed by atoms with Gasteiger partial charge in [-0.3, -0.25) is 4.90 Å². The Hall–Kier alpha value is -3.93. The summed E-state index contributed by atoms with van der Waals surface area (Å²) < 4.78 is 32.0. The smallest absolute Gasteiger partial charge is 0.229 e. The summed E-state index contributed by atoms with van der Waals surface area (Å²) in [5, 5.41) is 10.3. The molecule has 3 heterocycles. The number of hydrogen-bond donors (Lipinski definition) is 3. The zero-order valence-corrected chi connectivity index (χ0v) is 26.4. The van der Waals surface area contributed by atoms with Gasteiger partial charge in [0.2, 0.25) is 5.95 Å². The monoisotopic (exact) mass is 615 g/mol. The standard InChI is InChI=1S/C33H41N7O3S/c1-23(2)44(41,42)31-11-7-6-10-29(31)35-32-26-8-4-5-9-27(26)36-33(38-32)37-28-13-12-25(22-30(28)43-3)39-18-14-24(15-19-39)40-20-16-34-17-21-40/h4-13,22-24,34H,14-21H2,1-3H3,(H2,35,36,37,38). The van der Waals surface area contributed by atoms with Gasteiger partial charge >= 0.3 is 0 Å². The number of benzene rings is 3. The van der Waals surface area contributed by atoms with Crippen molar-refractivity contribution in [1.82, 2.24) is 20.2 Å². The summed E-state index contributed by atoms with van der Waals surface area (Å²) in [6, 6.07) is 21.4. The first-order valence-corrected chi connectivity index (χ1v) is 16.9. The van der Waals surface area contributed by atoms with E-state index < -0.39 is 15.1 Å². The van der Waals surface area contributed by atoms with E-state index in [1.165, 1.54) is 0 Å². The fraction of sp³-hybridized carbons (Fsp3) is 0.394. The van der Waals surface area contributed by atoms with Crippen molar-refractivity contribution in [1.29, 1.82) is 0 Å². The molecule has 11 heteroatoms. The topological polar surface area (TPSA) is 112 Å². The molecule has 44 heavy (non-hydrogen) atoms. The second-order valence-corrected chi connectivity index (χ2v) is 14.1. The van der Waals surface area contributed by atoms with Crippen LogP contribution in [0.25, 0.3) is 10.9 Å². The maximum absolute atomic E-state index is 13.1. The molecule has 0 saturated carbocycles. The molecular weight excluding hydrogens is 574 g/mol. The minimum Gasteiger partial charge on any atom is -0.494 e. The van der Waals surface area contributed by atoms with Crippen LogP contribution in [0.2, 0.25) is 0 Å². The Morgan fingerprint density at radius 1 is 0.886 bits per heavy atom. The first kappa shape index (κ1) is 30.1. The summed E-state index contributed by atoms with van der Waals surface area (Å²) in [6.07, 6.45) is 2.31. The lowest BCUT2D eigenvalue weighted by Gasteiger charge is -2.41. The molecule has 2 fully saturated rings. The molecule has 4 aromatic rings. The lowest BCUT2D eigenvalue weighted by molar-refractivity contribution is 0.150. The molecule has 0 amide bonds. The van der Waals surface area contributed by atoms with Gasteiger partial charge in [-0.1, -0.05) is 24.3 Å². The first-order chi connectivity index (χ1) is 21.3. The van der Waals surface area contributed by atoms with E-state index in [-0.39, 0.29) is 4.90 Å². The maximum atomic E-state index is 13.1. The number of piperazine rings is 1. The number of nitrogens with one attached hydrogen (secondary N) is 3. The highest BCUT2D eigenvalue weighted by molar-refractivity contribution is 7.92. The molecule has 2 aliphatic heterocycles. The van der Waals surface area contributed by atoms with Crippen molar-refractivity contribution in [2.24, 2.45) is 0 Å². The van der Waals surface area contributed by atoms with Crippen LogP contribution in [0.4, 0.5) is 28.8 Å². The average Bonchev–Trinajstić information content (AvgIpc) is 3.05. The fourth-order valence-corrected chi connectivity index (χ4v) is 7.27. The average molecular weight is 616 g/mol. The minimum absolute atomic E-state index is 0.237. The Kier molecular flexibility index (Phi) is 8.88. The molecule has 232 valence electrons. The number of aromatic nitrogens is 2. The van der Waals surface area contributed by atoms with Gasteiger partial charge < -0.3 is 25.6 Å². The zero-order chi connectivity index (χ0) is 30.7. The van der Waals surface area contributed by atoms with Gasteiger partial charge in [0.05, 0.1) is 34.1 Å². The third-order valence-electron chi connectivity index (χ3n) is 8.60. The summed E-state index contributed by atoms with van der Waals surface area (Å²) >= 11 is 0. The summed E-state index contributed by atoms with van der Waals surface area (Å²) in [6.45, 7) is 9.83. The van der Waals surface area contributed by atoms with Gasteiger partial charge in [0, 0.05) is 62.5 Å². The fourth-order valence-electron chi connectivity index (χ4n) is 6.06. The maximum Gasteiger partial charge on any atom is 0.229 e. The SMILES string of the molecule is COc1cc(N2CCC(N3CCNCC3)CC2)ccc1Nc1nc(Nc2ccccc2S(=O)(=O)C(C)C)c2ccccc2n1. The molecule has 3 aromatic carbocycles. The number of nitrogens with zero attached hydrogens (tertiary/aromatic N) is 4. The number of methoxy groups -OCH3 is 1. The summed E-state index contributed by atoms with van der Waals surface area (Å²) in [5.41, 5.74) is 3.07.